The number of anilines is 1. The third kappa shape index (κ3) is 3.59. The molecular formula is C17H24N2O3. The number of hydrogen-bond donors (Lipinski definition) is 1. The quantitative estimate of drug-likeness (QED) is 0.907. The van der Waals surface area contributed by atoms with Crippen LogP contribution in [0.5, 0.6) is 0 Å². The fraction of sp³-hybridized carbons (Fsp3) is 0.529. The second-order valence-electron chi connectivity index (χ2n) is 6.20. The number of para-hydroxylation sites is 1. The molecule has 1 saturated heterocycles. The summed E-state index contributed by atoms with van der Waals surface area (Å²) < 4.78 is 4.85. The van der Waals surface area contributed by atoms with Crippen LogP contribution in [0.2, 0.25) is 0 Å². The lowest BCUT2D eigenvalue weighted by Gasteiger charge is -2.21. The molecule has 5 nitrogen and oxygen atoms in total. The van der Waals surface area contributed by atoms with Gasteiger partial charge >= 0.3 is 6.09 Å². The van der Waals surface area contributed by atoms with Gasteiger partial charge in [0, 0.05) is 5.69 Å². The summed E-state index contributed by atoms with van der Waals surface area (Å²) >= 11 is 0. The van der Waals surface area contributed by atoms with E-state index in [0.717, 1.165) is 16.8 Å². The largest absolute Gasteiger partial charge is 0.448 e. The Kier molecular flexibility index (Phi) is 5.06. The Morgan fingerprint density at radius 2 is 1.82 bits per heavy atom. The minimum Gasteiger partial charge on any atom is -0.448 e. The van der Waals surface area contributed by atoms with Gasteiger partial charge in [-0.1, -0.05) is 45.9 Å². The summed E-state index contributed by atoms with van der Waals surface area (Å²) in [6.45, 7) is 9.27. The molecule has 1 aliphatic heterocycles. The highest BCUT2D eigenvalue weighted by Crippen LogP contribution is 2.32. The predicted octanol–water partition coefficient (Wildman–Crippen LogP) is 3.32. The van der Waals surface area contributed by atoms with Gasteiger partial charge in [0.15, 0.2) is 0 Å². The molecule has 0 bridgehead atoms. The first kappa shape index (κ1) is 16.3. The number of carbonyl (C=O) groups excluding carboxylic acids is 2. The zero-order valence-corrected chi connectivity index (χ0v) is 13.7. The lowest BCUT2D eigenvalue weighted by Crippen LogP contribution is -2.34. The van der Waals surface area contributed by atoms with Crippen LogP contribution in [0.3, 0.4) is 0 Å². The van der Waals surface area contributed by atoms with E-state index >= 15 is 0 Å². The van der Waals surface area contributed by atoms with Crippen LogP contribution < -0.4 is 5.32 Å². The lowest BCUT2D eigenvalue weighted by molar-refractivity contribution is -0.116. The van der Waals surface area contributed by atoms with Crippen molar-refractivity contribution in [2.45, 2.75) is 39.5 Å². The maximum Gasteiger partial charge on any atom is 0.410 e. The van der Waals surface area contributed by atoms with Crippen LogP contribution in [-0.2, 0) is 9.53 Å². The number of cyclic esters (lactones) is 1. The number of ether oxygens (including phenoxy) is 1. The first-order valence-electron chi connectivity index (χ1n) is 7.74. The molecular weight excluding hydrogens is 280 g/mol. The number of amides is 2. The molecule has 22 heavy (non-hydrogen) atoms. The smallest absolute Gasteiger partial charge is 0.410 e. The molecule has 0 aromatic heterocycles. The van der Waals surface area contributed by atoms with E-state index in [9.17, 15) is 9.59 Å². The second-order valence-corrected chi connectivity index (χ2v) is 6.20. The summed E-state index contributed by atoms with van der Waals surface area (Å²) in [5.74, 6) is 0.436. The maximum atomic E-state index is 12.3. The van der Waals surface area contributed by atoms with Gasteiger partial charge in [-0.15, -0.1) is 0 Å². The zero-order chi connectivity index (χ0) is 16.3. The highest BCUT2D eigenvalue weighted by atomic mass is 16.6. The number of nitrogens with one attached hydrogen (secondary N) is 1. The summed E-state index contributed by atoms with van der Waals surface area (Å²) in [5, 5.41) is 3.00. The molecule has 2 amide bonds. The van der Waals surface area contributed by atoms with Crippen LogP contribution in [0.4, 0.5) is 10.5 Å². The Bertz CT molecular complexity index is 541. The molecule has 0 saturated carbocycles. The Hall–Kier alpha value is -2.04. The maximum absolute atomic E-state index is 12.3. The normalized spacial score (nSPS) is 14.6. The van der Waals surface area contributed by atoms with Gasteiger partial charge in [-0.3, -0.25) is 9.69 Å². The Morgan fingerprint density at radius 3 is 2.27 bits per heavy atom. The van der Waals surface area contributed by atoms with Crippen LogP contribution in [0.25, 0.3) is 0 Å². The van der Waals surface area contributed by atoms with Crippen molar-refractivity contribution in [3.63, 3.8) is 0 Å². The zero-order valence-electron chi connectivity index (χ0n) is 13.7. The van der Waals surface area contributed by atoms with Crippen molar-refractivity contribution in [2.75, 3.05) is 25.0 Å². The molecule has 5 heteroatoms. The van der Waals surface area contributed by atoms with Crippen molar-refractivity contribution >= 4 is 17.7 Å². The minimum atomic E-state index is -0.420. The third-order valence-electron chi connectivity index (χ3n) is 3.82. The van der Waals surface area contributed by atoms with E-state index < -0.39 is 6.09 Å². The molecule has 0 aliphatic carbocycles. The molecule has 0 radical (unpaired) electrons. The van der Waals surface area contributed by atoms with Crippen LogP contribution in [-0.4, -0.2) is 36.6 Å². The molecule has 1 N–H and O–H groups in total. The van der Waals surface area contributed by atoms with Crippen molar-refractivity contribution in [1.82, 2.24) is 4.90 Å². The average Bonchev–Trinajstić information content (AvgIpc) is 2.83. The number of rotatable bonds is 5. The van der Waals surface area contributed by atoms with Crippen LogP contribution in [0.1, 0.15) is 50.7 Å². The molecule has 120 valence electrons. The van der Waals surface area contributed by atoms with E-state index in [0.29, 0.717) is 25.0 Å². The minimum absolute atomic E-state index is 0.0306. The van der Waals surface area contributed by atoms with Gasteiger partial charge < -0.3 is 10.1 Å². The van der Waals surface area contributed by atoms with Gasteiger partial charge in [-0.25, -0.2) is 4.79 Å². The van der Waals surface area contributed by atoms with Crippen molar-refractivity contribution in [1.29, 1.82) is 0 Å². The summed E-state index contributed by atoms with van der Waals surface area (Å²) in [4.78, 5) is 25.2. The third-order valence-corrected chi connectivity index (χ3v) is 3.82. The topological polar surface area (TPSA) is 58.6 Å². The van der Waals surface area contributed by atoms with Crippen molar-refractivity contribution in [2.24, 2.45) is 0 Å². The van der Waals surface area contributed by atoms with Gasteiger partial charge in [0.05, 0.1) is 6.54 Å². The molecule has 0 atom stereocenters. The van der Waals surface area contributed by atoms with Crippen LogP contribution in [0, 0.1) is 0 Å². The Labute approximate surface area is 131 Å². The second kappa shape index (κ2) is 6.81. The molecule has 0 spiro atoms. The van der Waals surface area contributed by atoms with E-state index in [4.69, 9.17) is 4.74 Å². The van der Waals surface area contributed by atoms with E-state index in [2.05, 4.69) is 33.0 Å². The summed E-state index contributed by atoms with van der Waals surface area (Å²) in [7, 11) is 0. The monoisotopic (exact) mass is 304 g/mol. The van der Waals surface area contributed by atoms with Gasteiger partial charge in [-0.05, 0) is 23.0 Å². The highest BCUT2D eigenvalue weighted by molar-refractivity contribution is 5.95. The highest BCUT2D eigenvalue weighted by Gasteiger charge is 2.25. The average molecular weight is 304 g/mol. The Balaban J connectivity index is 2.20. The molecule has 1 heterocycles. The van der Waals surface area contributed by atoms with E-state index in [1.54, 1.807) is 0 Å². The van der Waals surface area contributed by atoms with Gasteiger partial charge in [0.1, 0.15) is 13.2 Å². The number of nitrogens with zero attached hydrogens (tertiary/aromatic N) is 1. The van der Waals surface area contributed by atoms with Crippen LogP contribution in [0.15, 0.2) is 18.2 Å². The van der Waals surface area contributed by atoms with Crippen molar-refractivity contribution < 1.29 is 14.3 Å². The fourth-order valence-electron chi connectivity index (χ4n) is 2.62. The summed E-state index contributed by atoms with van der Waals surface area (Å²) in [5.41, 5.74) is 3.11. The Morgan fingerprint density at radius 1 is 1.23 bits per heavy atom. The molecule has 1 aliphatic rings. The molecule has 0 unspecified atom stereocenters. The summed E-state index contributed by atoms with van der Waals surface area (Å²) in [6, 6.07) is 6.10. The van der Waals surface area contributed by atoms with Gasteiger partial charge in [0.2, 0.25) is 5.91 Å². The van der Waals surface area contributed by atoms with E-state index in [-0.39, 0.29) is 12.5 Å². The van der Waals surface area contributed by atoms with Gasteiger partial charge in [-0.2, -0.15) is 0 Å². The van der Waals surface area contributed by atoms with Gasteiger partial charge in [0.25, 0.3) is 0 Å². The molecule has 1 aromatic carbocycles. The van der Waals surface area contributed by atoms with E-state index in [1.807, 2.05) is 18.2 Å². The predicted molar refractivity (Wildman–Crippen MR) is 86.2 cm³/mol. The van der Waals surface area contributed by atoms with Crippen molar-refractivity contribution in [3.8, 4) is 0 Å². The first-order chi connectivity index (χ1) is 10.4. The molecule has 1 fully saturated rings. The molecule has 2 rings (SSSR count). The summed E-state index contributed by atoms with van der Waals surface area (Å²) in [6.07, 6.45) is -0.420. The van der Waals surface area contributed by atoms with E-state index in [1.165, 1.54) is 4.90 Å². The first-order valence-corrected chi connectivity index (χ1v) is 7.74. The van der Waals surface area contributed by atoms with Crippen molar-refractivity contribution in [3.05, 3.63) is 29.3 Å². The standard InChI is InChI=1S/C17H24N2O3/c1-11(2)13-6-5-7-14(12(3)4)16(13)18-15(20)10-19-8-9-22-17(19)21/h5-7,11-12H,8-10H2,1-4H3,(H,18,20). The SMILES string of the molecule is CC(C)c1cccc(C(C)C)c1NC(=O)CN1CCOC1=O. The van der Waals surface area contributed by atoms with Crippen LogP contribution >= 0.6 is 0 Å². The molecule has 1 aromatic rings. The number of hydrogen-bond acceptors (Lipinski definition) is 3. The fourth-order valence-corrected chi connectivity index (χ4v) is 2.62. The lowest BCUT2D eigenvalue weighted by atomic mass is 9.92. The number of benzene rings is 1. The number of carbonyl (C=O) groups is 2.